The third kappa shape index (κ3) is 3.30. The van der Waals surface area contributed by atoms with Gasteiger partial charge in [-0.3, -0.25) is 4.79 Å². The zero-order valence-corrected chi connectivity index (χ0v) is 10.3. The number of carbonyl (C=O) groups is 1. The third-order valence-corrected chi connectivity index (χ3v) is 3.33. The molecule has 0 radical (unpaired) electrons. The molecule has 0 unspecified atom stereocenters. The van der Waals surface area contributed by atoms with E-state index in [4.69, 9.17) is 0 Å². The highest BCUT2D eigenvalue weighted by Crippen LogP contribution is 2.10. The van der Waals surface area contributed by atoms with Crippen molar-refractivity contribution in [3.05, 3.63) is 35.4 Å². The molecule has 0 aliphatic carbocycles. The molecule has 1 amide bonds. The molecule has 17 heavy (non-hydrogen) atoms. The van der Waals surface area contributed by atoms with Gasteiger partial charge in [-0.15, -0.1) is 0 Å². The first kappa shape index (κ1) is 12.1. The van der Waals surface area contributed by atoms with Crippen molar-refractivity contribution in [1.29, 1.82) is 0 Å². The second-order valence-corrected chi connectivity index (χ2v) is 4.74. The summed E-state index contributed by atoms with van der Waals surface area (Å²) in [7, 11) is 0. The Bertz CT molecular complexity index is 386. The Hall–Kier alpha value is -1.35. The lowest BCUT2D eigenvalue weighted by atomic mass is 9.97. The highest BCUT2D eigenvalue weighted by molar-refractivity contribution is 5.95. The molecular weight excluding hydrogens is 212 g/mol. The molecule has 1 heterocycles. The molecule has 1 aromatic rings. The van der Waals surface area contributed by atoms with Crippen molar-refractivity contribution in [3.63, 3.8) is 0 Å². The number of hydrogen-bond donors (Lipinski definition) is 2. The average Bonchev–Trinajstić information content (AvgIpc) is 2.26. The number of nitrogens with one attached hydrogen (secondary N) is 2. The first-order valence-electron chi connectivity index (χ1n) is 6.32. The van der Waals surface area contributed by atoms with E-state index in [0.717, 1.165) is 43.1 Å². The van der Waals surface area contributed by atoms with Crippen LogP contribution < -0.4 is 10.6 Å². The normalized spacial score (nSPS) is 15.4. The van der Waals surface area contributed by atoms with Gasteiger partial charge in [-0.25, -0.2) is 0 Å². The minimum atomic E-state index is 0.0508. The maximum Gasteiger partial charge on any atom is 0.251 e. The van der Waals surface area contributed by atoms with Crippen LogP contribution in [-0.2, 0) is 0 Å². The van der Waals surface area contributed by atoms with Gasteiger partial charge in [0.1, 0.15) is 0 Å². The molecule has 0 aromatic heterocycles. The van der Waals surface area contributed by atoms with Crippen LogP contribution in [0.4, 0.5) is 0 Å². The Morgan fingerprint density at radius 3 is 2.82 bits per heavy atom. The van der Waals surface area contributed by atoms with E-state index in [9.17, 15) is 4.79 Å². The summed E-state index contributed by atoms with van der Waals surface area (Å²) in [4.78, 5) is 11.9. The van der Waals surface area contributed by atoms with Crippen molar-refractivity contribution in [1.82, 2.24) is 10.6 Å². The third-order valence-electron chi connectivity index (χ3n) is 3.33. The lowest BCUT2D eigenvalue weighted by molar-refractivity contribution is 0.0951. The molecule has 0 bridgehead atoms. The van der Waals surface area contributed by atoms with Crippen molar-refractivity contribution in [2.24, 2.45) is 5.92 Å². The zero-order valence-electron chi connectivity index (χ0n) is 10.3. The Morgan fingerprint density at radius 2 is 2.18 bits per heavy atom. The van der Waals surface area contributed by atoms with Crippen LogP contribution in [0.25, 0.3) is 0 Å². The molecule has 1 fully saturated rings. The van der Waals surface area contributed by atoms with Crippen LogP contribution in [0.15, 0.2) is 24.3 Å². The van der Waals surface area contributed by atoms with Crippen LogP contribution >= 0.6 is 0 Å². The van der Waals surface area contributed by atoms with E-state index in [2.05, 4.69) is 10.6 Å². The summed E-state index contributed by atoms with van der Waals surface area (Å²) in [6.07, 6.45) is 2.28. The predicted molar refractivity (Wildman–Crippen MR) is 69.1 cm³/mol. The van der Waals surface area contributed by atoms with E-state index in [0.29, 0.717) is 0 Å². The van der Waals surface area contributed by atoms with Gasteiger partial charge in [-0.05, 0) is 50.4 Å². The van der Waals surface area contributed by atoms with E-state index >= 15 is 0 Å². The topological polar surface area (TPSA) is 41.1 Å². The Kier molecular flexibility index (Phi) is 4.15. The molecule has 2 rings (SSSR count). The minimum absolute atomic E-state index is 0.0508. The smallest absolute Gasteiger partial charge is 0.251 e. The maximum atomic E-state index is 11.9. The Morgan fingerprint density at radius 1 is 1.41 bits per heavy atom. The quantitative estimate of drug-likeness (QED) is 0.759. The second-order valence-electron chi connectivity index (χ2n) is 4.74. The molecule has 1 saturated heterocycles. The molecular formula is C14H20N2O. The number of rotatable bonds is 5. The van der Waals surface area contributed by atoms with Gasteiger partial charge < -0.3 is 10.6 Å². The van der Waals surface area contributed by atoms with Crippen LogP contribution in [0, 0.1) is 12.8 Å². The second kappa shape index (κ2) is 5.82. The molecule has 2 N–H and O–H groups in total. The molecule has 1 aliphatic heterocycles. The van der Waals surface area contributed by atoms with Crippen molar-refractivity contribution < 1.29 is 4.79 Å². The summed E-state index contributed by atoms with van der Waals surface area (Å²) in [5.41, 5.74) is 1.83. The van der Waals surface area contributed by atoms with Gasteiger partial charge in [-0.1, -0.05) is 18.2 Å². The molecule has 3 nitrogen and oxygen atoms in total. The standard InChI is InChI=1S/C14H20N2O/c1-11-5-2-3-7-13(11)14(17)16-8-4-6-12-9-15-10-12/h2-3,5,7,12,15H,4,6,8-10H2,1H3,(H,16,17). The molecule has 1 aromatic carbocycles. The summed E-state index contributed by atoms with van der Waals surface area (Å²) in [6.45, 7) is 5.04. The maximum absolute atomic E-state index is 11.9. The zero-order chi connectivity index (χ0) is 12.1. The van der Waals surface area contributed by atoms with Crippen molar-refractivity contribution in [3.8, 4) is 0 Å². The fourth-order valence-corrected chi connectivity index (χ4v) is 2.07. The van der Waals surface area contributed by atoms with Crippen molar-refractivity contribution in [2.75, 3.05) is 19.6 Å². The van der Waals surface area contributed by atoms with Crippen LogP contribution in [0.5, 0.6) is 0 Å². The van der Waals surface area contributed by atoms with E-state index in [-0.39, 0.29) is 5.91 Å². The van der Waals surface area contributed by atoms with Crippen molar-refractivity contribution >= 4 is 5.91 Å². The van der Waals surface area contributed by atoms with Crippen LogP contribution in [0.3, 0.4) is 0 Å². The van der Waals surface area contributed by atoms with Crippen LogP contribution in [-0.4, -0.2) is 25.5 Å². The number of amides is 1. The number of aryl methyl sites for hydroxylation is 1. The summed E-state index contributed by atoms with van der Waals surface area (Å²) in [5, 5.41) is 6.24. The van der Waals surface area contributed by atoms with Gasteiger partial charge in [0.05, 0.1) is 0 Å². The first-order chi connectivity index (χ1) is 8.27. The predicted octanol–water partition coefficient (Wildman–Crippen LogP) is 1.72. The van der Waals surface area contributed by atoms with E-state index in [1.54, 1.807) is 0 Å². The van der Waals surface area contributed by atoms with Gasteiger partial charge >= 0.3 is 0 Å². The molecule has 92 valence electrons. The van der Waals surface area contributed by atoms with Gasteiger partial charge in [0.2, 0.25) is 0 Å². The number of benzene rings is 1. The van der Waals surface area contributed by atoms with Crippen LogP contribution in [0.2, 0.25) is 0 Å². The summed E-state index contributed by atoms with van der Waals surface area (Å²) in [5.74, 6) is 0.875. The highest BCUT2D eigenvalue weighted by Gasteiger charge is 2.15. The monoisotopic (exact) mass is 232 g/mol. The van der Waals surface area contributed by atoms with Gasteiger partial charge in [0.25, 0.3) is 5.91 Å². The molecule has 3 heteroatoms. The minimum Gasteiger partial charge on any atom is -0.352 e. The van der Waals surface area contributed by atoms with Gasteiger partial charge in [-0.2, -0.15) is 0 Å². The summed E-state index contributed by atoms with van der Waals surface area (Å²) < 4.78 is 0. The SMILES string of the molecule is Cc1ccccc1C(=O)NCCCC1CNC1. The lowest BCUT2D eigenvalue weighted by Crippen LogP contribution is -2.42. The van der Waals surface area contributed by atoms with E-state index in [1.165, 1.54) is 6.42 Å². The molecule has 0 atom stereocenters. The molecule has 0 saturated carbocycles. The molecule has 0 spiro atoms. The fourth-order valence-electron chi connectivity index (χ4n) is 2.07. The highest BCUT2D eigenvalue weighted by atomic mass is 16.1. The number of hydrogen-bond acceptors (Lipinski definition) is 2. The van der Waals surface area contributed by atoms with Crippen molar-refractivity contribution in [2.45, 2.75) is 19.8 Å². The lowest BCUT2D eigenvalue weighted by Gasteiger charge is -2.26. The Balaban J connectivity index is 1.71. The van der Waals surface area contributed by atoms with E-state index < -0.39 is 0 Å². The summed E-state index contributed by atoms with van der Waals surface area (Å²) in [6, 6.07) is 7.70. The van der Waals surface area contributed by atoms with Crippen LogP contribution in [0.1, 0.15) is 28.8 Å². The largest absolute Gasteiger partial charge is 0.352 e. The van der Waals surface area contributed by atoms with Gasteiger partial charge in [0, 0.05) is 12.1 Å². The average molecular weight is 232 g/mol. The van der Waals surface area contributed by atoms with Gasteiger partial charge in [0.15, 0.2) is 0 Å². The fraction of sp³-hybridized carbons (Fsp3) is 0.500. The summed E-state index contributed by atoms with van der Waals surface area (Å²) >= 11 is 0. The number of carbonyl (C=O) groups excluding carboxylic acids is 1. The molecule has 1 aliphatic rings. The van der Waals surface area contributed by atoms with E-state index in [1.807, 2.05) is 31.2 Å². The Labute approximate surface area is 103 Å². The first-order valence-corrected chi connectivity index (χ1v) is 6.32.